The molecule has 5 heteroatoms. The van der Waals surface area contributed by atoms with Gasteiger partial charge in [0.05, 0.1) is 12.2 Å². The lowest BCUT2D eigenvalue weighted by atomic mass is 9.87. The molecule has 1 aromatic carbocycles. The van der Waals surface area contributed by atoms with E-state index in [1.165, 1.54) is 37.8 Å². The maximum atomic E-state index is 12.0. The van der Waals surface area contributed by atoms with E-state index in [1.54, 1.807) is 11.3 Å². The van der Waals surface area contributed by atoms with Crippen LogP contribution in [-0.4, -0.2) is 10.9 Å². The third-order valence-corrected chi connectivity index (χ3v) is 5.66. The van der Waals surface area contributed by atoms with Crippen molar-refractivity contribution in [3.63, 3.8) is 0 Å². The molecular formula is C19H23ClN2OS. The Morgan fingerprint density at radius 3 is 2.92 bits per heavy atom. The molecule has 3 rings (SSSR count). The number of carbonyl (C=O) groups excluding carboxylic acids is 1. The second kappa shape index (κ2) is 8.63. The van der Waals surface area contributed by atoms with Gasteiger partial charge in [0.1, 0.15) is 5.01 Å². The Morgan fingerprint density at radius 1 is 1.29 bits per heavy atom. The van der Waals surface area contributed by atoms with Crippen LogP contribution in [0.2, 0.25) is 5.02 Å². The molecule has 0 spiro atoms. The number of carbonyl (C=O) groups is 1. The largest absolute Gasteiger partial charge is 0.350 e. The van der Waals surface area contributed by atoms with Crippen molar-refractivity contribution < 1.29 is 4.79 Å². The van der Waals surface area contributed by atoms with E-state index in [1.807, 2.05) is 24.3 Å². The van der Waals surface area contributed by atoms with Crippen molar-refractivity contribution in [3.05, 3.63) is 50.9 Å². The zero-order chi connectivity index (χ0) is 16.8. The zero-order valence-corrected chi connectivity index (χ0v) is 15.3. The minimum absolute atomic E-state index is 0.0596. The van der Waals surface area contributed by atoms with Crippen LogP contribution in [0.4, 0.5) is 0 Å². The van der Waals surface area contributed by atoms with Gasteiger partial charge in [-0.05, 0) is 37.0 Å². The highest BCUT2D eigenvalue weighted by atomic mass is 35.5. The highest BCUT2D eigenvalue weighted by molar-refractivity contribution is 7.09. The number of hydrogen-bond acceptors (Lipinski definition) is 3. The Kier molecular flexibility index (Phi) is 6.27. The molecular weight excluding hydrogens is 340 g/mol. The van der Waals surface area contributed by atoms with Gasteiger partial charge in [0.2, 0.25) is 5.91 Å². The molecule has 24 heavy (non-hydrogen) atoms. The summed E-state index contributed by atoms with van der Waals surface area (Å²) in [5, 5.41) is 6.87. The van der Waals surface area contributed by atoms with E-state index >= 15 is 0 Å². The molecule has 1 amide bonds. The summed E-state index contributed by atoms with van der Waals surface area (Å²) < 4.78 is 0. The van der Waals surface area contributed by atoms with Gasteiger partial charge in [-0.25, -0.2) is 4.98 Å². The molecule has 1 heterocycles. The number of aryl methyl sites for hydroxylation is 1. The lowest BCUT2D eigenvalue weighted by Crippen LogP contribution is -2.23. The third kappa shape index (κ3) is 5.05. The number of thiazole rings is 1. The second-order valence-electron chi connectivity index (χ2n) is 6.41. The summed E-state index contributed by atoms with van der Waals surface area (Å²) in [6.07, 6.45) is 7.69. The zero-order valence-electron chi connectivity index (χ0n) is 13.8. The van der Waals surface area contributed by atoms with Crippen molar-refractivity contribution >= 4 is 28.8 Å². The van der Waals surface area contributed by atoms with E-state index < -0.39 is 0 Å². The Hall–Kier alpha value is -1.39. The molecule has 128 valence electrons. The Morgan fingerprint density at radius 2 is 2.12 bits per heavy atom. The van der Waals surface area contributed by atoms with Crippen molar-refractivity contribution in [1.82, 2.24) is 10.3 Å². The number of rotatable bonds is 6. The first kappa shape index (κ1) is 17.4. The predicted octanol–water partition coefficient (Wildman–Crippen LogP) is 5.09. The number of nitrogens with zero attached hydrogens (tertiary/aromatic N) is 1. The van der Waals surface area contributed by atoms with Gasteiger partial charge in [-0.1, -0.05) is 43.0 Å². The van der Waals surface area contributed by atoms with E-state index in [2.05, 4.69) is 10.7 Å². The van der Waals surface area contributed by atoms with E-state index in [0.29, 0.717) is 30.3 Å². The number of amides is 1. The molecule has 0 aliphatic heterocycles. The fourth-order valence-corrected chi connectivity index (χ4v) is 4.23. The van der Waals surface area contributed by atoms with Crippen molar-refractivity contribution in [2.75, 3.05) is 0 Å². The molecule has 1 aromatic heterocycles. The minimum atomic E-state index is 0.0596. The summed E-state index contributed by atoms with van der Waals surface area (Å²) in [6.45, 7) is 0.533. The van der Waals surface area contributed by atoms with Crippen LogP contribution in [0.3, 0.4) is 0 Å². The lowest BCUT2D eigenvalue weighted by Gasteiger charge is -2.19. The van der Waals surface area contributed by atoms with Gasteiger partial charge in [-0.15, -0.1) is 11.3 Å². The van der Waals surface area contributed by atoms with Crippen molar-refractivity contribution in [1.29, 1.82) is 0 Å². The SMILES string of the molecule is O=C(CCc1cccc(Cl)c1)NCc1nc(C2CCCCC2)cs1. The van der Waals surface area contributed by atoms with Crippen molar-refractivity contribution in [2.24, 2.45) is 0 Å². The maximum Gasteiger partial charge on any atom is 0.220 e. The fourth-order valence-electron chi connectivity index (χ4n) is 3.21. The van der Waals surface area contributed by atoms with Crippen molar-refractivity contribution in [2.45, 2.75) is 57.4 Å². The smallest absolute Gasteiger partial charge is 0.220 e. The average molecular weight is 363 g/mol. The summed E-state index contributed by atoms with van der Waals surface area (Å²) in [6, 6.07) is 7.66. The molecule has 0 saturated heterocycles. The van der Waals surface area contributed by atoms with Crippen LogP contribution in [0.5, 0.6) is 0 Å². The third-order valence-electron chi connectivity index (χ3n) is 4.56. The Bertz CT molecular complexity index is 680. The van der Waals surface area contributed by atoms with Gasteiger partial charge >= 0.3 is 0 Å². The maximum absolute atomic E-state index is 12.0. The molecule has 2 aromatic rings. The predicted molar refractivity (Wildman–Crippen MR) is 99.6 cm³/mol. The molecule has 1 saturated carbocycles. The second-order valence-corrected chi connectivity index (χ2v) is 7.79. The quantitative estimate of drug-likeness (QED) is 0.777. The first-order valence-electron chi connectivity index (χ1n) is 8.66. The monoisotopic (exact) mass is 362 g/mol. The number of benzene rings is 1. The lowest BCUT2D eigenvalue weighted by molar-refractivity contribution is -0.121. The highest BCUT2D eigenvalue weighted by Gasteiger charge is 2.18. The van der Waals surface area contributed by atoms with Gasteiger partial charge in [-0.3, -0.25) is 4.79 Å². The van der Waals surface area contributed by atoms with Gasteiger partial charge in [0.15, 0.2) is 0 Å². The summed E-state index contributed by atoms with van der Waals surface area (Å²) >= 11 is 7.62. The molecule has 0 atom stereocenters. The number of nitrogens with one attached hydrogen (secondary N) is 1. The highest BCUT2D eigenvalue weighted by Crippen LogP contribution is 2.32. The van der Waals surface area contributed by atoms with Gasteiger partial charge in [0.25, 0.3) is 0 Å². The van der Waals surface area contributed by atoms with Gasteiger partial charge in [-0.2, -0.15) is 0 Å². The van der Waals surface area contributed by atoms with E-state index in [4.69, 9.17) is 16.6 Å². The van der Waals surface area contributed by atoms with Crippen molar-refractivity contribution in [3.8, 4) is 0 Å². The fraction of sp³-hybridized carbons (Fsp3) is 0.474. The van der Waals surface area contributed by atoms with Gasteiger partial charge < -0.3 is 5.32 Å². The number of aromatic nitrogens is 1. The summed E-state index contributed by atoms with van der Waals surface area (Å²) in [5.74, 6) is 0.687. The van der Waals surface area contributed by atoms with Crippen LogP contribution in [0.15, 0.2) is 29.6 Å². The number of halogens is 1. The summed E-state index contributed by atoms with van der Waals surface area (Å²) in [5.41, 5.74) is 2.31. The number of hydrogen-bond donors (Lipinski definition) is 1. The summed E-state index contributed by atoms with van der Waals surface area (Å²) in [4.78, 5) is 16.7. The van der Waals surface area contributed by atoms with E-state index in [0.717, 1.165) is 10.6 Å². The Balaban J connectivity index is 1.43. The molecule has 1 aliphatic rings. The van der Waals surface area contributed by atoms with Crippen LogP contribution < -0.4 is 5.32 Å². The molecule has 0 radical (unpaired) electrons. The minimum Gasteiger partial charge on any atom is -0.350 e. The van der Waals surface area contributed by atoms with Crippen LogP contribution in [0.25, 0.3) is 0 Å². The molecule has 0 unspecified atom stereocenters. The average Bonchev–Trinajstić information content (AvgIpc) is 3.08. The van der Waals surface area contributed by atoms with Gasteiger partial charge in [0, 0.05) is 22.7 Å². The van der Waals surface area contributed by atoms with E-state index in [9.17, 15) is 4.79 Å². The first-order valence-corrected chi connectivity index (χ1v) is 9.92. The Labute approximate surface area is 152 Å². The molecule has 1 fully saturated rings. The summed E-state index contributed by atoms with van der Waals surface area (Å²) in [7, 11) is 0. The van der Waals surface area contributed by atoms with Crippen LogP contribution in [-0.2, 0) is 17.8 Å². The first-order chi connectivity index (χ1) is 11.7. The molecule has 1 aliphatic carbocycles. The normalized spacial score (nSPS) is 15.4. The van der Waals surface area contributed by atoms with Crippen LogP contribution in [0, 0.1) is 0 Å². The topological polar surface area (TPSA) is 42.0 Å². The van der Waals surface area contributed by atoms with E-state index in [-0.39, 0.29) is 5.91 Å². The standard InChI is InChI=1S/C19H23ClN2OS/c20-16-8-4-5-14(11-16)9-10-18(23)21-12-19-22-17(13-24-19)15-6-2-1-3-7-15/h4-5,8,11,13,15H,1-3,6-7,9-10,12H2,(H,21,23). The molecule has 3 nitrogen and oxygen atoms in total. The van der Waals surface area contributed by atoms with Crippen LogP contribution in [0.1, 0.15) is 60.7 Å². The molecule has 1 N–H and O–H groups in total. The van der Waals surface area contributed by atoms with Crippen LogP contribution >= 0.6 is 22.9 Å². The molecule has 0 bridgehead atoms.